The van der Waals surface area contributed by atoms with Gasteiger partial charge in [0.25, 0.3) is 10.0 Å². The quantitative estimate of drug-likeness (QED) is 0.843. The molecule has 0 radical (unpaired) electrons. The molecule has 19 heavy (non-hydrogen) atoms. The van der Waals surface area contributed by atoms with Crippen LogP contribution in [0.4, 0.5) is 10.1 Å². The van der Waals surface area contributed by atoms with E-state index in [4.69, 9.17) is 0 Å². The zero-order valence-electron chi connectivity index (χ0n) is 9.27. The molecule has 4 nitrogen and oxygen atoms in total. The van der Waals surface area contributed by atoms with E-state index >= 15 is 0 Å². The summed E-state index contributed by atoms with van der Waals surface area (Å²) in [5.74, 6) is -0.466. The molecule has 0 fully saturated rings. The molecule has 0 atom stereocenters. The number of pyridine rings is 1. The van der Waals surface area contributed by atoms with Crippen LogP contribution in [0.25, 0.3) is 0 Å². The Morgan fingerprint density at radius 3 is 2.53 bits per heavy atom. The highest BCUT2D eigenvalue weighted by molar-refractivity contribution is 9.10. The molecule has 8 heteroatoms. The summed E-state index contributed by atoms with van der Waals surface area (Å²) < 4.78 is 40.3. The van der Waals surface area contributed by atoms with Crippen molar-refractivity contribution in [3.63, 3.8) is 0 Å². The maximum Gasteiger partial charge on any atom is 0.263 e. The number of sulfonamides is 1. The fourth-order valence-corrected chi connectivity index (χ4v) is 3.25. The number of nitrogens with one attached hydrogen (secondary N) is 1. The molecule has 0 aliphatic heterocycles. The molecule has 0 spiro atoms. The first-order chi connectivity index (χ1) is 8.88. The summed E-state index contributed by atoms with van der Waals surface area (Å²) in [5, 5.41) is 0. The molecule has 100 valence electrons. The molecular weight excluding hydrogens is 403 g/mol. The predicted molar refractivity (Wildman–Crippen MR) is 76.8 cm³/mol. The standard InChI is InChI=1S/C11H7Br2FN2O2S/c12-7-3-9(6-15-5-7)19(17,18)16-8-1-2-11(14)10(13)4-8/h1-6,16H. The molecule has 2 rings (SSSR count). The summed E-state index contributed by atoms with van der Waals surface area (Å²) >= 11 is 6.14. The van der Waals surface area contributed by atoms with E-state index in [0.29, 0.717) is 4.47 Å². The van der Waals surface area contributed by atoms with Gasteiger partial charge in [0.15, 0.2) is 0 Å². The zero-order valence-corrected chi connectivity index (χ0v) is 13.3. The van der Waals surface area contributed by atoms with Gasteiger partial charge in [-0.1, -0.05) is 0 Å². The van der Waals surface area contributed by atoms with Crippen molar-refractivity contribution in [2.24, 2.45) is 0 Å². The molecular formula is C11H7Br2FN2O2S. The summed E-state index contributed by atoms with van der Waals surface area (Å²) in [5.41, 5.74) is 0.258. The molecule has 1 N–H and O–H groups in total. The normalized spacial score (nSPS) is 11.3. The fraction of sp³-hybridized carbons (Fsp3) is 0. The van der Waals surface area contributed by atoms with Gasteiger partial charge in [0, 0.05) is 16.9 Å². The van der Waals surface area contributed by atoms with Crippen molar-refractivity contribution >= 4 is 47.6 Å². The van der Waals surface area contributed by atoms with Crippen molar-refractivity contribution in [2.45, 2.75) is 4.90 Å². The Balaban J connectivity index is 2.33. The lowest BCUT2D eigenvalue weighted by Crippen LogP contribution is -2.13. The van der Waals surface area contributed by atoms with Crippen molar-refractivity contribution in [3.8, 4) is 0 Å². The van der Waals surface area contributed by atoms with E-state index in [0.717, 1.165) is 0 Å². The third kappa shape index (κ3) is 3.52. The van der Waals surface area contributed by atoms with Crippen molar-refractivity contribution in [1.29, 1.82) is 0 Å². The van der Waals surface area contributed by atoms with Crippen LogP contribution in [0.15, 0.2) is 50.5 Å². The molecule has 0 saturated carbocycles. The summed E-state index contributed by atoms with van der Waals surface area (Å²) in [6.07, 6.45) is 2.71. The van der Waals surface area contributed by atoms with Gasteiger partial charge >= 0.3 is 0 Å². The Hall–Kier alpha value is -0.990. The van der Waals surface area contributed by atoms with Crippen LogP contribution in [0, 0.1) is 5.82 Å². The Morgan fingerprint density at radius 1 is 1.16 bits per heavy atom. The average molecular weight is 410 g/mol. The number of anilines is 1. The molecule has 1 aromatic carbocycles. The highest BCUT2D eigenvalue weighted by atomic mass is 79.9. The lowest BCUT2D eigenvalue weighted by Gasteiger charge is -2.08. The van der Waals surface area contributed by atoms with Gasteiger partial charge in [-0.3, -0.25) is 9.71 Å². The second-order valence-corrected chi connectivity index (χ2v) is 7.03. The van der Waals surface area contributed by atoms with Gasteiger partial charge in [0.1, 0.15) is 10.7 Å². The van der Waals surface area contributed by atoms with Gasteiger partial charge in [0.2, 0.25) is 0 Å². The van der Waals surface area contributed by atoms with Gasteiger partial charge in [0.05, 0.1) is 10.2 Å². The van der Waals surface area contributed by atoms with Crippen LogP contribution in [0.3, 0.4) is 0 Å². The molecule has 0 bridgehead atoms. The maximum atomic E-state index is 13.1. The van der Waals surface area contributed by atoms with Gasteiger partial charge in [-0.2, -0.15) is 0 Å². The first-order valence-electron chi connectivity index (χ1n) is 4.97. The number of hydrogen-bond donors (Lipinski definition) is 1. The minimum absolute atomic E-state index is 0.0160. The number of aromatic nitrogens is 1. The van der Waals surface area contributed by atoms with E-state index < -0.39 is 15.8 Å². The minimum Gasteiger partial charge on any atom is -0.280 e. The minimum atomic E-state index is -3.75. The van der Waals surface area contributed by atoms with Gasteiger partial charge < -0.3 is 0 Å². The Labute approximate surface area is 126 Å². The topological polar surface area (TPSA) is 59.1 Å². The SMILES string of the molecule is O=S(=O)(Nc1ccc(F)c(Br)c1)c1cncc(Br)c1. The molecule has 1 heterocycles. The van der Waals surface area contributed by atoms with Crippen LogP contribution in [0.5, 0.6) is 0 Å². The van der Waals surface area contributed by atoms with Crippen molar-refractivity contribution < 1.29 is 12.8 Å². The third-order valence-corrected chi connectivity index (χ3v) is 4.55. The predicted octanol–water partition coefficient (Wildman–Crippen LogP) is 3.55. The summed E-state index contributed by atoms with van der Waals surface area (Å²) in [4.78, 5) is 3.80. The second kappa shape index (κ2) is 5.56. The van der Waals surface area contributed by atoms with E-state index in [-0.39, 0.29) is 15.1 Å². The molecule has 0 aliphatic rings. The first-order valence-corrected chi connectivity index (χ1v) is 8.04. The van der Waals surface area contributed by atoms with E-state index in [1.54, 1.807) is 0 Å². The van der Waals surface area contributed by atoms with Crippen LogP contribution < -0.4 is 4.72 Å². The highest BCUT2D eigenvalue weighted by Gasteiger charge is 2.15. The van der Waals surface area contributed by atoms with E-state index in [1.807, 2.05) is 0 Å². The smallest absolute Gasteiger partial charge is 0.263 e. The number of halogens is 3. The van der Waals surface area contributed by atoms with Crippen molar-refractivity contribution in [2.75, 3.05) is 4.72 Å². The largest absolute Gasteiger partial charge is 0.280 e. The van der Waals surface area contributed by atoms with Gasteiger partial charge in [-0.15, -0.1) is 0 Å². The highest BCUT2D eigenvalue weighted by Crippen LogP contribution is 2.23. The Morgan fingerprint density at radius 2 is 1.89 bits per heavy atom. The van der Waals surface area contributed by atoms with E-state index in [1.165, 1.54) is 36.7 Å². The molecule has 1 aromatic heterocycles. The lowest BCUT2D eigenvalue weighted by atomic mass is 10.3. The van der Waals surface area contributed by atoms with Crippen LogP contribution in [-0.4, -0.2) is 13.4 Å². The van der Waals surface area contributed by atoms with E-state index in [2.05, 4.69) is 41.6 Å². The Kier molecular flexibility index (Phi) is 4.22. The van der Waals surface area contributed by atoms with Crippen LogP contribution in [0.2, 0.25) is 0 Å². The van der Waals surface area contributed by atoms with Crippen LogP contribution in [0.1, 0.15) is 0 Å². The van der Waals surface area contributed by atoms with Crippen molar-refractivity contribution in [1.82, 2.24) is 4.98 Å². The Bertz CT molecular complexity index is 722. The van der Waals surface area contributed by atoms with Crippen LogP contribution >= 0.6 is 31.9 Å². The van der Waals surface area contributed by atoms with E-state index in [9.17, 15) is 12.8 Å². The fourth-order valence-electron chi connectivity index (χ4n) is 1.31. The summed E-state index contributed by atoms with van der Waals surface area (Å²) in [6, 6.07) is 5.27. The van der Waals surface area contributed by atoms with Crippen molar-refractivity contribution in [3.05, 3.63) is 51.4 Å². The molecule has 0 unspecified atom stereocenters. The number of nitrogens with zero attached hydrogens (tertiary/aromatic N) is 1. The maximum absolute atomic E-state index is 13.1. The number of rotatable bonds is 3. The summed E-state index contributed by atoms with van der Waals surface area (Å²) in [6.45, 7) is 0. The second-order valence-electron chi connectivity index (χ2n) is 3.57. The molecule has 0 aliphatic carbocycles. The third-order valence-electron chi connectivity index (χ3n) is 2.16. The van der Waals surface area contributed by atoms with Gasteiger partial charge in [-0.25, -0.2) is 12.8 Å². The molecule has 0 saturated heterocycles. The monoisotopic (exact) mass is 408 g/mol. The molecule has 0 amide bonds. The molecule has 2 aromatic rings. The van der Waals surface area contributed by atoms with Gasteiger partial charge in [-0.05, 0) is 56.1 Å². The lowest BCUT2D eigenvalue weighted by molar-refractivity contribution is 0.600. The number of hydrogen-bond acceptors (Lipinski definition) is 3. The average Bonchev–Trinajstić information content (AvgIpc) is 2.33. The summed E-state index contributed by atoms with van der Waals surface area (Å²) in [7, 11) is -3.75. The zero-order chi connectivity index (χ0) is 14.0. The number of benzene rings is 1. The van der Waals surface area contributed by atoms with Crippen LogP contribution in [-0.2, 0) is 10.0 Å². The first kappa shape index (κ1) is 14.4.